The van der Waals surface area contributed by atoms with Crippen molar-refractivity contribution < 1.29 is 0 Å². The SMILES string of the molecule is CCNC(=NCCCCN1CCCC1)N1CCN(c2nc(CC)ns2)CC1. The van der Waals surface area contributed by atoms with Gasteiger partial charge in [-0.25, -0.2) is 4.98 Å². The fourth-order valence-electron chi connectivity index (χ4n) is 3.69. The molecule has 3 rings (SSSR count). The summed E-state index contributed by atoms with van der Waals surface area (Å²) in [7, 11) is 0. The second-order valence-electron chi connectivity index (χ2n) is 7.31. The number of aryl methyl sites for hydroxylation is 1. The average molecular weight is 394 g/mol. The van der Waals surface area contributed by atoms with Gasteiger partial charge in [0.15, 0.2) is 5.96 Å². The summed E-state index contributed by atoms with van der Waals surface area (Å²) in [4.78, 5) is 16.8. The average Bonchev–Trinajstić information content (AvgIpc) is 3.39. The van der Waals surface area contributed by atoms with Gasteiger partial charge in [-0.2, -0.15) is 4.37 Å². The molecule has 2 aliphatic rings. The zero-order valence-corrected chi connectivity index (χ0v) is 17.8. The van der Waals surface area contributed by atoms with E-state index in [9.17, 15) is 0 Å². The summed E-state index contributed by atoms with van der Waals surface area (Å²) < 4.78 is 4.42. The van der Waals surface area contributed by atoms with Crippen LogP contribution in [0.5, 0.6) is 0 Å². The Labute approximate surface area is 168 Å². The number of rotatable bonds is 8. The molecular weight excluding hydrogens is 358 g/mol. The highest BCUT2D eigenvalue weighted by Crippen LogP contribution is 2.19. The zero-order chi connectivity index (χ0) is 18.9. The van der Waals surface area contributed by atoms with Gasteiger partial charge in [0, 0.05) is 57.2 Å². The lowest BCUT2D eigenvalue weighted by molar-refractivity contribution is 0.330. The van der Waals surface area contributed by atoms with Crippen LogP contribution >= 0.6 is 11.5 Å². The number of guanidine groups is 1. The lowest BCUT2D eigenvalue weighted by Crippen LogP contribution is -2.52. The van der Waals surface area contributed by atoms with Gasteiger partial charge < -0.3 is 20.0 Å². The van der Waals surface area contributed by atoms with Crippen LogP contribution in [0.1, 0.15) is 45.4 Å². The van der Waals surface area contributed by atoms with E-state index in [1.54, 1.807) is 0 Å². The first-order chi connectivity index (χ1) is 13.3. The summed E-state index contributed by atoms with van der Waals surface area (Å²) in [6.07, 6.45) is 6.10. The molecule has 0 aliphatic carbocycles. The summed E-state index contributed by atoms with van der Waals surface area (Å²) in [6, 6.07) is 0. The number of nitrogens with one attached hydrogen (secondary N) is 1. The van der Waals surface area contributed by atoms with Crippen molar-refractivity contribution in [3.8, 4) is 0 Å². The summed E-state index contributed by atoms with van der Waals surface area (Å²) in [5, 5.41) is 4.54. The largest absolute Gasteiger partial charge is 0.357 e. The van der Waals surface area contributed by atoms with Crippen LogP contribution in [0, 0.1) is 0 Å². The van der Waals surface area contributed by atoms with Gasteiger partial charge in [0.1, 0.15) is 5.82 Å². The summed E-state index contributed by atoms with van der Waals surface area (Å²) in [5.41, 5.74) is 0. The molecule has 8 heteroatoms. The maximum absolute atomic E-state index is 4.89. The second kappa shape index (κ2) is 10.8. The van der Waals surface area contributed by atoms with Crippen molar-refractivity contribution in [2.45, 2.75) is 46.0 Å². The van der Waals surface area contributed by atoms with Crippen LogP contribution in [-0.4, -0.2) is 84.0 Å². The van der Waals surface area contributed by atoms with Gasteiger partial charge in [0.05, 0.1) is 0 Å². The molecule has 0 amide bonds. The van der Waals surface area contributed by atoms with Gasteiger partial charge in [0.25, 0.3) is 0 Å². The first-order valence-electron chi connectivity index (χ1n) is 10.6. The van der Waals surface area contributed by atoms with E-state index < -0.39 is 0 Å². The highest BCUT2D eigenvalue weighted by molar-refractivity contribution is 7.09. The standard InChI is InChI=1S/C19H35N7S/c1-3-17-22-19(27-23-17)26-15-13-25(14-16-26)18(20-4-2)21-9-5-6-10-24-11-7-8-12-24/h3-16H2,1-2H3,(H,20,21). The van der Waals surface area contributed by atoms with Gasteiger partial charge in [-0.3, -0.25) is 4.99 Å². The molecule has 0 unspecified atom stereocenters. The minimum Gasteiger partial charge on any atom is -0.357 e. The molecule has 1 aromatic rings. The van der Waals surface area contributed by atoms with Crippen molar-refractivity contribution in [3.63, 3.8) is 0 Å². The van der Waals surface area contributed by atoms with Crippen LogP contribution in [0.4, 0.5) is 5.13 Å². The van der Waals surface area contributed by atoms with E-state index in [2.05, 4.69) is 43.2 Å². The molecule has 0 radical (unpaired) electrons. The molecule has 0 atom stereocenters. The van der Waals surface area contributed by atoms with Crippen molar-refractivity contribution >= 4 is 22.6 Å². The predicted molar refractivity (Wildman–Crippen MR) is 114 cm³/mol. The first-order valence-corrected chi connectivity index (χ1v) is 11.4. The number of unbranched alkanes of at least 4 members (excludes halogenated alkanes) is 1. The fourth-order valence-corrected chi connectivity index (χ4v) is 4.49. The molecule has 3 heterocycles. The van der Waals surface area contributed by atoms with Crippen molar-refractivity contribution in [2.75, 3.05) is 63.8 Å². The van der Waals surface area contributed by atoms with E-state index >= 15 is 0 Å². The Balaban J connectivity index is 1.42. The van der Waals surface area contributed by atoms with Gasteiger partial charge >= 0.3 is 0 Å². The number of hydrogen-bond donors (Lipinski definition) is 1. The van der Waals surface area contributed by atoms with Crippen molar-refractivity contribution in [1.82, 2.24) is 24.5 Å². The predicted octanol–water partition coefficient (Wildman–Crippen LogP) is 2.06. The maximum atomic E-state index is 4.89. The van der Waals surface area contributed by atoms with Crippen LogP contribution < -0.4 is 10.2 Å². The van der Waals surface area contributed by atoms with Gasteiger partial charge in [0.2, 0.25) is 5.13 Å². The molecule has 2 saturated heterocycles. The molecule has 0 saturated carbocycles. The lowest BCUT2D eigenvalue weighted by Gasteiger charge is -2.36. The Hall–Kier alpha value is -1.41. The fraction of sp³-hybridized carbons (Fsp3) is 0.842. The number of aliphatic imine (C=N–C) groups is 1. The number of nitrogens with zero attached hydrogens (tertiary/aromatic N) is 6. The van der Waals surface area contributed by atoms with Crippen LogP contribution in [-0.2, 0) is 6.42 Å². The van der Waals surface area contributed by atoms with E-state index in [-0.39, 0.29) is 0 Å². The smallest absolute Gasteiger partial charge is 0.205 e. The topological polar surface area (TPSA) is 59.9 Å². The molecule has 2 aliphatic heterocycles. The first kappa shape index (κ1) is 20.3. The second-order valence-corrected chi connectivity index (χ2v) is 8.04. The minimum absolute atomic E-state index is 0.908. The zero-order valence-electron chi connectivity index (χ0n) is 17.0. The minimum atomic E-state index is 0.908. The quantitative estimate of drug-likeness (QED) is 0.414. The van der Waals surface area contributed by atoms with Crippen LogP contribution in [0.3, 0.4) is 0 Å². The third kappa shape index (κ3) is 6.04. The highest BCUT2D eigenvalue weighted by Gasteiger charge is 2.22. The Bertz CT molecular complexity index is 574. The van der Waals surface area contributed by atoms with Crippen LogP contribution in [0.2, 0.25) is 0 Å². The molecular formula is C19H35N7S. The van der Waals surface area contributed by atoms with Crippen molar-refractivity contribution in [2.24, 2.45) is 4.99 Å². The summed E-state index contributed by atoms with van der Waals surface area (Å²) in [6.45, 7) is 13.9. The molecule has 152 valence electrons. The van der Waals surface area contributed by atoms with E-state index in [0.29, 0.717) is 0 Å². The number of likely N-dealkylation sites (tertiary alicyclic amines) is 1. The van der Waals surface area contributed by atoms with Gasteiger partial charge in [-0.1, -0.05) is 6.92 Å². The Kier molecular flexibility index (Phi) is 8.13. The molecule has 0 bridgehead atoms. The van der Waals surface area contributed by atoms with Crippen LogP contribution in [0.15, 0.2) is 4.99 Å². The van der Waals surface area contributed by atoms with Gasteiger partial charge in [-0.15, -0.1) is 0 Å². The number of aromatic nitrogens is 2. The molecule has 1 N–H and O–H groups in total. The van der Waals surface area contributed by atoms with E-state index in [1.165, 1.54) is 56.9 Å². The third-order valence-electron chi connectivity index (χ3n) is 5.30. The Morgan fingerprint density at radius 1 is 1.07 bits per heavy atom. The summed E-state index contributed by atoms with van der Waals surface area (Å²) >= 11 is 1.53. The number of hydrogen-bond acceptors (Lipinski definition) is 6. The number of piperazine rings is 1. The maximum Gasteiger partial charge on any atom is 0.205 e. The van der Waals surface area contributed by atoms with E-state index in [4.69, 9.17) is 4.99 Å². The molecule has 2 fully saturated rings. The molecule has 0 aromatic carbocycles. The molecule has 1 aromatic heterocycles. The molecule has 7 nitrogen and oxygen atoms in total. The van der Waals surface area contributed by atoms with Crippen LogP contribution in [0.25, 0.3) is 0 Å². The molecule has 0 spiro atoms. The number of anilines is 1. The van der Waals surface area contributed by atoms with E-state index in [1.807, 2.05) is 0 Å². The third-order valence-corrected chi connectivity index (χ3v) is 6.12. The Morgan fingerprint density at radius 3 is 2.52 bits per heavy atom. The molecule has 27 heavy (non-hydrogen) atoms. The summed E-state index contributed by atoms with van der Waals surface area (Å²) in [5.74, 6) is 2.03. The Morgan fingerprint density at radius 2 is 1.85 bits per heavy atom. The van der Waals surface area contributed by atoms with E-state index in [0.717, 1.165) is 62.6 Å². The van der Waals surface area contributed by atoms with Crippen molar-refractivity contribution in [1.29, 1.82) is 0 Å². The lowest BCUT2D eigenvalue weighted by atomic mass is 10.3. The van der Waals surface area contributed by atoms with Gasteiger partial charge in [-0.05, 0) is 52.2 Å². The monoisotopic (exact) mass is 393 g/mol. The normalized spacial score (nSPS) is 19.1. The highest BCUT2D eigenvalue weighted by atomic mass is 32.1. The van der Waals surface area contributed by atoms with Crippen molar-refractivity contribution in [3.05, 3.63) is 5.82 Å².